The third-order valence-corrected chi connectivity index (χ3v) is 7.63. The van der Waals surface area contributed by atoms with Crippen molar-refractivity contribution < 1.29 is 0 Å². The van der Waals surface area contributed by atoms with Crippen LogP contribution in [0.2, 0.25) is 0 Å². The minimum Gasteiger partial charge on any atom is -0.0795 e. The second-order valence-electron chi connectivity index (χ2n) is 9.54. The fraction of sp³-hybridized carbons (Fsp3) is 0.250. The lowest BCUT2D eigenvalue weighted by Gasteiger charge is -2.31. The first kappa shape index (κ1) is 19.6. The van der Waals surface area contributed by atoms with Crippen LogP contribution in [0.4, 0.5) is 0 Å². The van der Waals surface area contributed by atoms with Gasteiger partial charge in [0.2, 0.25) is 0 Å². The highest BCUT2D eigenvalue weighted by Crippen LogP contribution is 2.43. The number of rotatable bonds is 1. The van der Waals surface area contributed by atoms with Crippen molar-refractivity contribution in [2.75, 3.05) is 0 Å². The molecule has 1 atom stereocenters. The van der Waals surface area contributed by atoms with Gasteiger partial charge in [0.05, 0.1) is 0 Å². The molecule has 3 aliphatic rings. The summed E-state index contributed by atoms with van der Waals surface area (Å²) in [5.74, 6) is 1.52. The molecule has 0 bridgehead atoms. The van der Waals surface area contributed by atoms with Gasteiger partial charge in [0.25, 0.3) is 0 Å². The number of hydrogen-bond acceptors (Lipinski definition) is 0. The van der Waals surface area contributed by atoms with Crippen LogP contribution >= 0.6 is 0 Å². The first-order valence-corrected chi connectivity index (χ1v) is 12.3. The second kappa shape index (κ2) is 8.43. The molecule has 0 aromatic heterocycles. The first-order chi connectivity index (χ1) is 15.9. The lowest BCUT2D eigenvalue weighted by atomic mass is 9.73. The normalized spacial score (nSPS) is 19.1. The third kappa shape index (κ3) is 3.48. The molecule has 158 valence electrons. The van der Waals surface area contributed by atoms with Crippen molar-refractivity contribution in [3.8, 4) is 0 Å². The van der Waals surface area contributed by atoms with Crippen molar-refractivity contribution in [2.24, 2.45) is 5.92 Å². The minimum absolute atomic E-state index is 0.652. The van der Waals surface area contributed by atoms with Crippen LogP contribution in [0.25, 0.3) is 33.7 Å². The van der Waals surface area contributed by atoms with Crippen LogP contribution in [-0.4, -0.2) is 0 Å². The van der Waals surface area contributed by atoms with E-state index in [0.717, 1.165) is 12.3 Å². The molecule has 0 aliphatic heterocycles. The summed E-state index contributed by atoms with van der Waals surface area (Å²) in [6, 6.07) is 26.5. The van der Waals surface area contributed by atoms with E-state index in [9.17, 15) is 0 Å². The van der Waals surface area contributed by atoms with Crippen LogP contribution in [0, 0.1) is 5.92 Å². The molecule has 0 nitrogen and oxygen atoms in total. The van der Waals surface area contributed by atoms with E-state index < -0.39 is 0 Å². The van der Waals surface area contributed by atoms with Gasteiger partial charge < -0.3 is 0 Å². The summed E-state index contributed by atoms with van der Waals surface area (Å²) in [5, 5.41) is 5.70. The summed E-state index contributed by atoms with van der Waals surface area (Å²) in [7, 11) is 0. The Labute approximate surface area is 191 Å². The Hall–Kier alpha value is -3.12. The van der Waals surface area contributed by atoms with Gasteiger partial charge in [-0.25, -0.2) is 0 Å². The van der Waals surface area contributed by atoms with Crippen molar-refractivity contribution in [1.29, 1.82) is 0 Å². The van der Waals surface area contributed by atoms with Crippen LogP contribution < -0.4 is 0 Å². The first-order valence-electron chi connectivity index (χ1n) is 12.3. The molecule has 1 unspecified atom stereocenters. The van der Waals surface area contributed by atoms with Crippen LogP contribution in [0.5, 0.6) is 0 Å². The Balaban J connectivity index is 0.000000131. The lowest BCUT2D eigenvalue weighted by molar-refractivity contribution is 0.333. The van der Waals surface area contributed by atoms with E-state index >= 15 is 0 Å². The molecule has 1 fully saturated rings. The molecule has 0 heterocycles. The Morgan fingerprint density at radius 3 is 2.03 bits per heavy atom. The summed E-state index contributed by atoms with van der Waals surface area (Å²) in [6.07, 6.45) is 17.5. The van der Waals surface area contributed by atoms with Gasteiger partial charge in [-0.15, -0.1) is 0 Å². The van der Waals surface area contributed by atoms with Crippen LogP contribution in [0.15, 0.2) is 84.9 Å². The van der Waals surface area contributed by atoms with E-state index in [2.05, 4.69) is 97.1 Å². The van der Waals surface area contributed by atoms with E-state index in [-0.39, 0.29) is 0 Å². The second-order valence-corrected chi connectivity index (χ2v) is 9.54. The van der Waals surface area contributed by atoms with Gasteiger partial charge in [0, 0.05) is 5.92 Å². The smallest absolute Gasteiger partial charge is 0.00559 e. The summed E-state index contributed by atoms with van der Waals surface area (Å²) < 4.78 is 0. The summed E-state index contributed by atoms with van der Waals surface area (Å²) in [5.41, 5.74) is 5.79. The van der Waals surface area contributed by atoms with Crippen molar-refractivity contribution in [1.82, 2.24) is 0 Å². The summed E-state index contributed by atoms with van der Waals surface area (Å²) in [4.78, 5) is 0. The van der Waals surface area contributed by atoms with E-state index in [1.807, 2.05) is 0 Å². The molecule has 4 aromatic carbocycles. The predicted octanol–water partition coefficient (Wildman–Crippen LogP) is 8.94. The molecule has 4 aromatic rings. The van der Waals surface area contributed by atoms with Gasteiger partial charge in [-0.3, -0.25) is 0 Å². The molecule has 0 N–H and O–H groups in total. The zero-order chi connectivity index (χ0) is 21.3. The van der Waals surface area contributed by atoms with E-state index in [0.29, 0.717) is 5.92 Å². The maximum Gasteiger partial charge on any atom is 0.00559 e. The monoisotopic (exact) mass is 414 g/mol. The van der Waals surface area contributed by atoms with Crippen LogP contribution in [0.3, 0.4) is 0 Å². The maximum absolute atomic E-state index is 2.47. The Bertz CT molecular complexity index is 1320. The molecule has 3 aliphatic carbocycles. The number of allylic oxidation sites excluding steroid dienone is 2. The molecular formula is C32H30. The fourth-order valence-electron chi connectivity index (χ4n) is 6.10. The standard InChI is InChI=1S/C19H20.C13H10/c1-2-6-14(7-3-1)17-13-12-16-9-4-8-15-10-5-11-18(17)19(15)16;1-4-10-6-2-8-12-9-3-7-11(5-1)13(10)12/h4-5,8-14,17H,1-3,6-7H2;1-8H,9H2. The zero-order valence-electron chi connectivity index (χ0n) is 18.6. The quantitative estimate of drug-likeness (QED) is 0.291. The van der Waals surface area contributed by atoms with E-state index in [4.69, 9.17) is 0 Å². The lowest BCUT2D eigenvalue weighted by Crippen LogP contribution is -2.16. The molecule has 0 spiro atoms. The predicted molar refractivity (Wildman–Crippen MR) is 139 cm³/mol. The van der Waals surface area contributed by atoms with Gasteiger partial charge >= 0.3 is 0 Å². The fourth-order valence-corrected chi connectivity index (χ4v) is 6.10. The SMILES string of the molecule is C1=CC(C2CCCCC2)c2cccc3cccc1c23.C1=Cc2cccc3cccc(c23)C1. The van der Waals surface area contributed by atoms with Crippen LogP contribution in [0.1, 0.15) is 60.3 Å². The highest BCUT2D eigenvalue weighted by Gasteiger charge is 2.26. The highest BCUT2D eigenvalue weighted by molar-refractivity contribution is 5.96. The van der Waals surface area contributed by atoms with Gasteiger partial charge in [0.1, 0.15) is 0 Å². The number of hydrogen-bond donors (Lipinski definition) is 0. The molecule has 1 saturated carbocycles. The Morgan fingerprint density at radius 1 is 0.594 bits per heavy atom. The Morgan fingerprint density at radius 2 is 1.25 bits per heavy atom. The van der Waals surface area contributed by atoms with Crippen LogP contribution in [-0.2, 0) is 6.42 Å². The molecular weight excluding hydrogens is 384 g/mol. The van der Waals surface area contributed by atoms with Crippen molar-refractivity contribution in [2.45, 2.75) is 44.4 Å². The zero-order valence-corrected chi connectivity index (χ0v) is 18.6. The topological polar surface area (TPSA) is 0 Å². The van der Waals surface area contributed by atoms with Gasteiger partial charge in [-0.2, -0.15) is 0 Å². The molecule has 0 radical (unpaired) electrons. The van der Waals surface area contributed by atoms with Gasteiger partial charge in [-0.05, 0) is 69.0 Å². The molecule has 0 saturated heterocycles. The average molecular weight is 415 g/mol. The maximum atomic E-state index is 2.47. The molecule has 7 rings (SSSR count). The number of benzene rings is 4. The van der Waals surface area contributed by atoms with Gasteiger partial charge in [0.15, 0.2) is 0 Å². The Kier molecular flexibility index (Phi) is 5.15. The average Bonchev–Trinajstić information content (AvgIpc) is 2.86. The van der Waals surface area contributed by atoms with E-state index in [1.165, 1.54) is 70.3 Å². The van der Waals surface area contributed by atoms with Crippen molar-refractivity contribution >= 4 is 33.7 Å². The van der Waals surface area contributed by atoms with E-state index in [1.54, 1.807) is 5.56 Å². The minimum atomic E-state index is 0.652. The van der Waals surface area contributed by atoms with Crippen molar-refractivity contribution in [3.05, 3.63) is 107 Å². The molecule has 32 heavy (non-hydrogen) atoms. The highest BCUT2D eigenvalue weighted by atomic mass is 14.3. The third-order valence-electron chi connectivity index (χ3n) is 7.63. The summed E-state index contributed by atoms with van der Waals surface area (Å²) >= 11 is 0. The molecule has 0 amide bonds. The largest absolute Gasteiger partial charge is 0.0795 e. The van der Waals surface area contributed by atoms with Crippen molar-refractivity contribution in [3.63, 3.8) is 0 Å². The summed E-state index contributed by atoms with van der Waals surface area (Å²) in [6.45, 7) is 0. The molecule has 0 heteroatoms. The van der Waals surface area contributed by atoms with Gasteiger partial charge in [-0.1, -0.05) is 116 Å².